The number of aliphatic hydroxyl groups excluding tert-OH is 3. The molecule has 3 saturated heterocycles. The van der Waals surface area contributed by atoms with Crippen LogP contribution < -0.4 is 0 Å². The fourth-order valence-corrected chi connectivity index (χ4v) is 5.94. The Morgan fingerprint density at radius 1 is 0.791 bits per heavy atom. The number of hydrogen-bond donors (Lipinski definition) is 4. The zero-order valence-electron chi connectivity index (χ0n) is 26.1. The number of carboxylic acid groups (broad SMARTS) is 1. The second-order valence-electron chi connectivity index (χ2n) is 11.4. The Balaban J connectivity index is 1.63. The van der Waals surface area contributed by atoms with E-state index in [1.54, 1.807) is 27.9 Å². The van der Waals surface area contributed by atoms with Crippen LogP contribution in [0, 0.1) is 0 Å². The Kier molecular flexibility index (Phi) is 14.0. The summed E-state index contributed by atoms with van der Waals surface area (Å²) < 4.78 is 58.5. The van der Waals surface area contributed by atoms with Crippen LogP contribution in [0.4, 0.5) is 0 Å². The fourth-order valence-electron chi connectivity index (χ4n) is 5.94. The van der Waals surface area contributed by atoms with Crippen LogP contribution in [0.15, 0.2) is 0 Å². The van der Waals surface area contributed by atoms with Gasteiger partial charge in [-0.15, -0.1) is 0 Å². The van der Waals surface area contributed by atoms with E-state index in [2.05, 4.69) is 0 Å². The van der Waals surface area contributed by atoms with E-state index in [1.807, 2.05) is 0 Å². The van der Waals surface area contributed by atoms with Crippen LogP contribution in [0.5, 0.6) is 0 Å². The van der Waals surface area contributed by atoms with Gasteiger partial charge in [0.05, 0.1) is 49.1 Å². The molecule has 16 atom stereocenters. The fraction of sp³-hybridized carbons (Fsp3) is 0.964. The van der Waals surface area contributed by atoms with E-state index in [0.717, 1.165) is 0 Å². The molecule has 0 aliphatic carbocycles. The molecule has 0 aromatic rings. The largest absolute Gasteiger partial charge is 0.481 e. The molecule has 4 N–H and O–H groups in total. The zero-order chi connectivity index (χ0) is 32.0. The summed E-state index contributed by atoms with van der Waals surface area (Å²) in [4.78, 5) is 11.3. The lowest BCUT2D eigenvalue weighted by Gasteiger charge is -2.47. The molecule has 0 radical (unpaired) electrons. The third-order valence-corrected chi connectivity index (χ3v) is 8.33. The number of hydrogen-bond acceptors (Lipinski definition) is 14. The maximum Gasteiger partial charge on any atom is 0.306 e. The third-order valence-electron chi connectivity index (χ3n) is 8.33. The van der Waals surface area contributed by atoms with Crippen molar-refractivity contribution in [3.63, 3.8) is 0 Å². The van der Waals surface area contributed by atoms with Crippen molar-refractivity contribution in [3.05, 3.63) is 0 Å². The smallest absolute Gasteiger partial charge is 0.306 e. The van der Waals surface area contributed by atoms with Crippen molar-refractivity contribution in [1.29, 1.82) is 0 Å². The van der Waals surface area contributed by atoms with Crippen molar-refractivity contribution in [2.24, 2.45) is 0 Å². The van der Waals surface area contributed by atoms with E-state index in [4.69, 9.17) is 47.4 Å². The highest BCUT2D eigenvalue weighted by Crippen LogP contribution is 2.34. The van der Waals surface area contributed by atoms with Gasteiger partial charge in [-0.1, -0.05) is 0 Å². The lowest BCUT2D eigenvalue weighted by Crippen LogP contribution is -2.61. The van der Waals surface area contributed by atoms with Gasteiger partial charge in [0.2, 0.25) is 0 Å². The molecule has 0 amide bonds. The molecule has 3 aliphatic rings. The van der Waals surface area contributed by atoms with Gasteiger partial charge >= 0.3 is 5.97 Å². The summed E-state index contributed by atoms with van der Waals surface area (Å²) in [6, 6.07) is 0. The lowest BCUT2D eigenvalue weighted by molar-refractivity contribution is -0.353. The molecule has 3 rings (SSSR count). The van der Waals surface area contributed by atoms with Crippen LogP contribution in [0.25, 0.3) is 0 Å². The van der Waals surface area contributed by atoms with Gasteiger partial charge in [-0.2, -0.15) is 0 Å². The van der Waals surface area contributed by atoms with Crippen molar-refractivity contribution in [2.75, 3.05) is 28.4 Å². The average molecular weight is 627 g/mol. The number of methoxy groups -OCH3 is 4. The maximum absolute atomic E-state index is 11.3. The number of rotatable bonds is 14. The van der Waals surface area contributed by atoms with E-state index < -0.39 is 104 Å². The van der Waals surface area contributed by atoms with E-state index in [0.29, 0.717) is 0 Å². The summed E-state index contributed by atoms with van der Waals surface area (Å²) in [5.41, 5.74) is 0. The predicted molar refractivity (Wildman–Crippen MR) is 146 cm³/mol. The standard InChI is InChI=1S/C28H50O15/c1-12(29)24(16(34-5)9-19(30)31)41-20-10-17(35-6)25(14(3)38-20)42-21-11-18(36-7)26(15(4)39-21)43-28-23(33)27(37-8)22(32)13(2)40-28/h12-18,20-29,32-33H,9-11H2,1-8H3,(H,30,31). The van der Waals surface area contributed by atoms with Gasteiger partial charge in [-0.05, 0) is 27.7 Å². The third kappa shape index (κ3) is 9.03. The van der Waals surface area contributed by atoms with E-state index in [9.17, 15) is 25.2 Å². The van der Waals surface area contributed by atoms with Crippen molar-refractivity contribution >= 4 is 5.97 Å². The van der Waals surface area contributed by atoms with Gasteiger partial charge < -0.3 is 67.8 Å². The number of ether oxygens (including phenoxy) is 10. The highest BCUT2D eigenvalue weighted by atomic mass is 16.8. The van der Waals surface area contributed by atoms with Gasteiger partial charge in [0.15, 0.2) is 18.9 Å². The Morgan fingerprint density at radius 3 is 1.86 bits per heavy atom. The monoisotopic (exact) mass is 626 g/mol. The molecule has 3 aliphatic heterocycles. The summed E-state index contributed by atoms with van der Waals surface area (Å²) in [5, 5.41) is 40.5. The topological polar surface area (TPSA) is 190 Å². The van der Waals surface area contributed by atoms with E-state index in [-0.39, 0.29) is 19.3 Å². The van der Waals surface area contributed by atoms with Gasteiger partial charge in [0.25, 0.3) is 0 Å². The van der Waals surface area contributed by atoms with Crippen LogP contribution in [-0.2, 0) is 52.2 Å². The van der Waals surface area contributed by atoms with Crippen LogP contribution in [-0.4, -0.2) is 153 Å². The maximum atomic E-state index is 11.3. The summed E-state index contributed by atoms with van der Waals surface area (Å²) in [5.74, 6) is -1.08. The van der Waals surface area contributed by atoms with Crippen molar-refractivity contribution in [3.8, 4) is 0 Å². The molecule has 3 heterocycles. The second kappa shape index (κ2) is 16.5. The number of carbonyl (C=O) groups is 1. The molecule has 0 aromatic carbocycles. The van der Waals surface area contributed by atoms with Gasteiger partial charge in [-0.25, -0.2) is 0 Å². The summed E-state index contributed by atoms with van der Waals surface area (Å²) in [6.45, 7) is 6.76. The number of carboxylic acids is 1. The van der Waals surface area contributed by atoms with Gasteiger partial charge in [-0.3, -0.25) is 4.79 Å². The molecule has 43 heavy (non-hydrogen) atoms. The zero-order valence-corrected chi connectivity index (χ0v) is 26.1. The van der Waals surface area contributed by atoms with Gasteiger partial charge in [0.1, 0.15) is 36.6 Å². The average Bonchev–Trinajstić information content (AvgIpc) is 2.95. The lowest BCUT2D eigenvalue weighted by atomic mass is 9.98. The highest BCUT2D eigenvalue weighted by Gasteiger charge is 2.49. The quantitative estimate of drug-likeness (QED) is 0.198. The molecule has 15 nitrogen and oxygen atoms in total. The van der Waals surface area contributed by atoms with E-state index in [1.165, 1.54) is 28.3 Å². The first-order valence-corrected chi connectivity index (χ1v) is 14.6. The molecular weight excluding hydrogens is 576 g/mol. The minimum atomic E-state index is -1.23. The predicted octanol–water partition coefficient (Wildman–Crippen LogP) is -0.206. The summed E-state index contributed by atoms with van der Waals surface area (Å²) >= 11 is 0. The minimum Gasteiger partial charge on any atom is -0.481 e. The first kappa shape index (κ1) is 36.4. The Morgan fingerprint density at radius 2 is 1.35 bits per heavy atom. The first-order valence-electron chi connectivity index (χ1n) is 14.6. The molecule has 0 spiro atoms. The molecule has 16 unspecified atom stereocenters. The van der Waals surface area contributed by atoms with E-state index >= 15 is 0 Å². The highest BCUT2D eigenvalue weighted by molar-refractivity contribution is 5.67. The summed E-state index contributed by atoms with van der Waals surface area (Å²) in [6.07, 6.45) is -12.3. The van der Waals surface area contributed by atoms with Crippen molar-refractivity contribution in [1.82, 2.24) is 0 Å². The van der Waals surface area contributed by atoms with Crippen molar-refractivity contribution < 1.29 is 72.6 Å². The summed E-state index contributed by atoms with van der Waals surface area (Å²) in [7, 11) is 5.84. The molecular formula is C28H50O15. The van der Waals surface area contributed by atoms with Crippen LogP contribution in [0.1, 0.15) is 47.0 Å². The second-order valence-corrected chi connectivity index (χ2v) is 11.4. The first-order chi connectivity index (χ1) is 20.3. The van der Waals surface area contributed by atoms with Gasteiger partial charge in [0, 0.05) is 41.3 Å². The SMILES string of the molecule is COC(CC(=O)O)C(OC1CC(OC)C(OC2CC(OC)C(OC3OC(C)C(O)C(OC)C3O)C(C)O2)C(C)O1)C(C)O. The molecule has 0 bridgehead atoms. The van der Waals surface area contributed by atoms with Crippen LogP contribution in [0.3, 0.4) is 0 Å². The van der Waals surface area contributed by atoms with Crippen molar-refractivity contribution in [2.45, 2.75) is 145 Å². The van der Waals surface area contributed by atoms with Crippen LogP contribution >= 0.6 is 0 Å². The molecule has 0 saturated carbocycles. The molecule has 252 valence electrons. The Labute approximate surface area is 252 Å². The Bertz CT molecular complexity index is 847. The minimum absolute atomic E-state index is 0.238. The number of aliphatic hydroxyl groups is 3. The van der Waals surface area contributed by atoms with Crippen LogP contribution in [0.2, 0.25) is 0 Å². The normalized spacial score (nSPS) is 42.7. The Hall–Kier alpha value is -1.05. The number of aliphatic carboxylic acids is 1. The molecule has 0 aromatic heterocycles. The molecule has 3 fully saturated rings. The molecule has 15 heteroatoms.